The summed E-state index contributed by atoms with van der Waals surface area (Å²) in [5, 5.41) is 2.84. The lowest BCUT2D eigenvalue weighted by atomic mass is 9.79. The molecule has 4 rings (SSSR count). The number of nitrogens with one attached hydrogen (secondary N) is 1. The second kappa shape index (κ2) is 9.10. The van der Waals surface area contributed by atoms with Crippen molar-refractivity contribution in [2.75, 3.05) is 5.32 Å². The van der Waals surface area contributed by atoms with Crippen molar-refractivity contribution < 1.29 is 13.6 Å². The summed E-state index contributed by atoms with van der Waals surface area (Å²) in [6.07, 6.45) is 5.54. The van der Waals surface area contributed by atoms with Crippen molar-refractivity contribution in [1.82, 2.24) is 9.97 Å². The fraction of sp³-hybridized carbons (Fsp3) is 0.292. The van der Waals surface area contributed by atoms with Crippen LogP contribution in [-0.2, 0) is 0 Å². The van der Waals surface area contributed by atoms with E-state index in [9.17, 15) is 13.6 Å². The van der Waals surface area contributed by atoms with E-state index in [1.807, 2.05) is 6.07 Å². The van der Waals surface area contributed by atoms with Crippen molar-refractivity contribution in [2.24, 2.45) is 11.5 Å². The number of nitrogens with zero attached hydrogens (tertiary/aromatic N) is 2. The van der Waals surface area contributed by atoms with Gasteiger partial charge in [-0.25, -0.2) is 13.8 Å². The molecule has 3 atom stereocenters. The average Bonchev–Trinajstić information content (AvgIpc) is 2.76. The number of halogens is 2. The van der Waals surface area contributed by atoms with Crippen molar-refractivity contribution >= 4 is 11.6 Å². The minimum Gasteiger partial charge on any atom is -0.328 e. The van der Waals surface area contributed by atoms with Gasteiger partial charge in [-0.15, -0.1) is 0 Å². The Labute approximate surface area is 185 Å². The molecule has 8 heteroatoms. The molecular formula is C24H25F2N5O. The second-order valence-corrected chi connectivity index (χ2v) is 8.30. The molecule has 0 radical (unpaired) electrons. The number of carbonyl (C=O) groups excluding carboxylic acids is 1. The smallest absolute Gasteiger partial charge is 0.274 e. The van der Waals surface area contributed by atoms with Gasteiger partial charge in [0, 0.05) is 18.3 Å². The lowest BCUT2D eigenvalue weighted by Gasteiger charge is -2.32. The fourth-order valence-electron chi connectivity index (χ4n) is 4.31. The Kier molecular flexibility index (Phi) is 6.25. The molecule has 1 aliphatic carbocycles. The predicted molar refractivity (Wildman–Crippen MR) is 119 cm³/mol. The molecule has 0 bridgehead atoms. The molecule has 1 unspecified atom stereocenters. The number of anilines is 1. The minimum atomic E-state index is -0.738. The quantitative estimate of drug-likeness (QED) is 0.574. The van der Waals surface area contributed by atoms with Crippen LogP contribution in [0.5, 0.6) is 0 Å². The molecule has 0 spiro atoms. The van der Waals surface area contributed by atoms with Crippen LogP contribution in [0.15, 0.2) is 48.8 Å². The van der Waals surface area contributed by atoms with Crippen LogP contribution >= 0.6 is 0 Å². The number of aryl methyl sites for hydroxylation is 1. The Balaban J connectivity index is 1.62. The van der Waals surface area contributed by atoms with E-state index in [1.165, 1.54) is 24.3 Å². The largest absolute Gasteiger partial charge is 0.328 e. The molecule has 1 aliphatic rings. The van der Waals surface area contributed by atoms with Crippen LogP contribution in [0.4, 0.5) is 14.5 Å². The maximum atomic E-state index is 14.5. The van der Waals surface area contributed by atoms with E-state index in [4.69, 9.17) is 11.5 Å². The van der Waals surface area contributed by atoms with Gasteiger partial charge in [-0.1, -0.05) is 12.1 Å². The Bertz CT molecular complexity index is 1140. The Morgan fingerprint density at radius 2 is 1.81 bits per heavy atom. The number of aromatic nitrogens is 2. The van der Waals surface area contributed by atoms with Crippen molar-refractivity contribution in [3.63, 3.8) is 0 Å². The van der Waals surface area contributed by atoms with E-state index in [0.717, 1.165) is 24.8 Å². The van der Waals surface area contributed by atoms with Gasteiger partial charge in [0.05, 0.1) is 23.1 Å². The number of hydrogen-bond acceptors (Lipinski definition) is 5. The highest BCUT2D eigenvalue weighted by atomic mass is 19.1. The molecule has 0 aliphatic heterocycles. The van der Waals surface area contributed by atoms with Crippen molar-refractivity contribution in [3.05, 3.63) is 77.2 Å². The number of carbonyl (C=O) groups is 1. The summed E-state index contributed by atoms with van der Waals surface area (Å²) in [6, 6.07) is 8.90. The first-order valence-corrected chi connectivity index (χ1v) is 10.5. The summed E-state index contributed by atoms with van der Waals surface area (Å²) in [7, 11) is 0. The summed E-state index contributed by atoms with van der Waals surface area (Å²) in [4.78, 5) is 21.3. The predicted octanol–water partition coefficient (Wildman–Crippen LogP) is 3.90. The Morgan fingerprint density at radius 3 is 2.56 bits per heavy atom. The Hall–Kier alpha value is -3.23. The zero-order valence-corrected chi connectivity index (χ0v) is 17.7. The van der Waals surface area contributed by atoms with Gasteiger partial charge in [0.25, 0.3) is 5.91 Å². The molecule has 1 aromatic carbocycles. The van der Waals surface area contributed by atoms with Crippen LogP contribution in [-0.4, -0.2) is 28.0 Å². The van der Waals surface area contributed by atoms with Gasteiger partial charge >= 0.3 is 0 Å². The number of rotatable bonds is 4. The first kappa shape index (κ1) is 22.0. The van der Waals surface area contributed by atoms with Crippen LogP contribution in [0.25, 0.3) is 11.3 Å². The molecule has 5 N–H and O–H groups in total. The topological polar surface area (TPSA) is 107 Å². The third kappa shape index (κ3) is 4.51. The number of benzene rings is 1. The summed E-state index contributed by atoms with van der Waals surface area (Å²) in [6.45, 7) is 1.54. The Morgan fingerprint density at radius 1 is 1.06 bits per heavy atom. The van der Waals surface area contributed by atoms with Crippen molar-refractivity contribution in [3.8, 4) is 11.3 Å². The van der Waals surface area contributed by atoms with Gasteiger partial charge < -0.3 is 16.8 Å². The zero-order valence-electron chi connectivity index (χ0n) is 17.7. The zero-order chi connectivity index (χ0) is 22.8. The van der Waals surface area contributed by atoms with E-state index >= 15 is 0 Å². The van der Waals surface area contributed by atoms with Crippen LogP contribution in [0.1, 0.15) is 46.8 Å². The number of nitrogens with two attached hydrogens (primary N) is 2. The molecule has 1 amide bonds. The van der Waals surface area contributed by atoms with E-state index in [1.54, 1.807) is 25.4 Å². The summed E-state index contributed by atoms with van der Waals surface area (Å²) < 4.78 is 28.8. The third-order valence-corrected chi connectivity index (χ3v) is 5.84. The monoisotopic (exact) mass is 437 g/mol. The molecule has 1 fully saturated rings. The van der Waals surface area contributed by atoms with Crippen molar-refractivity contribution in [2.45, 2.75) is 44.2 Å². The van der Waals surface area contributed by atoms with Gasteiger partial charge in [-0.05, 0) is 67.5 Å². The highest BCUT2D eigenvalue weighted by Crippen LogP contribution is 2.35. The van der Waals surface area contributed by atoms with E-state index in [2.05, 4.69) is 15.3 Å². The maximum Gasteiger partial charge on any atom is 0.274 e. The summed E-state index contributed by atoms with van der Waals surface area (Å²) in [5.74, 6) is -1.84. The SMILES string of the molecule is Cc1ccc(F)c(-c2cccc(C(=O)Nc3cnccc3C3C[C@@H](N)C[C@@H](N)C3)n2)c1F. The summed E-state index contributed by atoms with van der Waals surface area (Å²) in [5.41, 5.74) is 13.9. The molecule has 0 saturated heterocycles. The minimum absolute atomic E-state index is 0.00191. The molecular weight excluding hydrogens is 412 g/mol. The average molecular weight is 437 g/mol. The summed E-state index contributed by atoms with van der Waals surface area (Å²) >= 11 is 0. The van der Waals surface area contributed by atoms with E-state index in [-0.39, 0.29) is 35.0 Å². The van der Waals surface area contributed by atoms with Gasteiger partial charge in [0.1, 0.15) is 17.3 Å². The molecule has 166 valence electrons. The lowest BCUT2D eigenvalue weighted by Crippen LogP contribution is -2.39. The van der Waals surface area contributed by atoms with Gasteiger partial charge in [-0.3, -0.25) is 9.78 Å². The number of hydrogen-bond donors (Lipinski definition) is 3. The molecule has 32 heavy (non-hydrogen) atoms. The van der Waals surface area contributed by atoms with Gasteiger partial charge in [-0.2, -0.15) is 0 Å². The molecule has 2 aromatic heterocycles. The maximum absolute atomic E-state index is 14.5. The highest BCUT2D eigenvalue weighted by molar-refractivity contribution is 6.03. The molecule has 6 nitrogen and oxygen atoms in total. The fourth-order valence-corrected chi connectivity index (χ4v) is 4.31. The van der Waals surface area contributed by atoms with E-state index in [0.29, 0.717) is 11.3 Å². The third-order valence-electron chi connectivity index (χ3n) is 5.84. The standard InChI is InChI=1S/C24H25F2N5O/c1-13-5-6-18(25)22(23(13)26)19-3-2-4-20(30-19)24(32)31-21-12-29-8-7-17(21)14-9-15(27)11-16(28)10-14/h2-8,12,14-16H,9-11,27-28H2,1H3,(H,31,32)/t14?,15-,16+. The number of amides is 1. The molecule has 1 saturated carbocycles. The molecule has 3 aromatic rings. The van der Waals surface area contributed by atoms with Crippen LogP contribution in [0, 0.1) is 18.6 Å². The van der Waals surface area contributed by atoms with Crippen LogP contribution < -0.4 is 16.8 Å². The molecule has 2 heterocycles. The van der Waals surface area contributed by atoms with Crippen molar-refractivity contribution in [1.29, 1.82) is 0 Å². The van der Waals surface area contributed by atoms with E-state index < -0.39 is 17.5 Å². The lowest BCUT2D eigenvalue weighted by molar-refractivity contribution is 0.102. The van der Waals surface area contributed by atoms with Gasteiger partial charge in [0.15, 0.2) is 0 Å². The van der Waals surface area contributed by atoms with Crippen LogP contribution in [0.2, 0.25) is 0 Å². The first-order chi connectivity index (χ1) is 15.3. The number of pyridine rings is 2. The highest BCUT2D eigenvalue weighted by Gasteiger charge is 2.28. The van der Waals surface area contributed by atoms with Gasteiger partial charge in [0.2, 0.25) is 0 Å². The second-order valence-electron chi connectivity index (χ2n) is 8.30. The normalized spacial score (nSPS) is 20.7. The first-order valence-electron chi connectivity index (χ1n) is 10.5. The van der Waals surface area contributed by atoms with Crippen LogP contribution in [0.3, 0.4) is 0 Å².